The molecule has 1 aromatic heterocycles. The average Bonchev–Trinajstić information content (AvgIpc) is 3.20. The Balaban J connectivity index is 1.85. The minimum atomic E-state index is -0.266. The number of ether oxygens (including phenoxy) is 1. The molecule has 4 heteroatoms. The molecule has 2 aliphatic carbocycles. The van der Waals surface area contributed by atoms with Gasteiger partial charge in [0, 0.05) is 5.39 Å². The van der Waals surface area contributed by atoms with E-state index in [-0.39, 0.29) is 5.97 Å². The summed E-state index contributed by atoms with van der Waals surface area (Å²) >= 11 is 0. The molecule has 0 unspecified atom stereocenters. The maximum atomic E-state index is 12.2. The van der Waals surface area contributed by atoms with Gasteiger partial charge in [0.05, 0.1) is 23.9 Å². The first-order valence-corrected chi connectivity index (χ1v) is 8.27. The molecule has 0 aliphatic heterocycles. The zero-order valence-corrected chi connectivity index (χ0v) is 13.6. The van der Waals surface area contributed by atoms with E-state index in [0.29, 0.717) is 12.2 Å². The van der Waals surface area contributed by atoms with Gasteiger partial charge in [-0.1, -0.05) is 24.3 Å². The van der Waals surface area contributed by atoms with Crippen LogP contribution in [0.2, 0.25) is 0 Å². The normalized spacial score (nSPS) is 14.8. The van der Waals surface area contributed by atoms with Crippen LogP contribution in [0.15, 0.2) is 59.8 Å². The Labute approximate surface area is 143 Å². The lowest BCUT2D eigenvalue weighted by Gasteiger charge is -2.03. The van der Waals surface area contributed by atoms with E-state index in [9.17, 15) is 4.79 Å². The summed E-state index contributed by atoms with van der Waals surface area (Å²) in [6.07, 6.45) is 7.66. The SMILES string of the molecule is CCOC(=O)C1=C2C=c3c(ccc4c3ccc3nnccc34)=C2C=C1. The van der Waals surface area contributed by atoms with Crippen LogP contribution in [0.25, 0.3) is 33.3 Å². The van der Waals surface area contributed by atoms with Crippen LogP contribution in [0.3, 0.4) is 0 Å². The second kappa shape index (κ2) is 5.11. The Morgan fingerprint density at radius 3 is 2.76 bits per heavy atom. The summed E-state index contributed by atoms with van der Waals surface area (Å²) in [7, 11) is 0. The van der Waals surface area contributed by atoms with Crippen molar-refractivity contribution in [1.82, 2.24) is 10.2 Å². The molecule has 0 saturated heterocycles. The van der Waals surface area contributed by atoms with Crippen LogP contribution in [0.5, 0.6) is 0 Å². The third-order valence-corrected chi connectivity index (χ3v) is 4.81. The van der Waals surface area contributed by atoms with Crippen molar-refractivity contribution in [1.29, 1.82) is 0 Å². The van der Waals surface area contributed by atoms with Crippen molar-refractivity contribution in [3.63, 3.8) is 0 Å². The van der Waals surface area contributed by atoms with Gasteiger partial charge >= 0.3 is 5.97 Å². The van der Waals surface area contributed by atoms with Crippen LogP contribution < -0.4 is 10.4 Å². The predicted octanol–water partition coefficient (Wildman–Crippen LogP) is 2.16. The molecule has 0 atom stereocenters. The van der Waals surface area contributed by atoms with Gasteiger partial charge in [0.15, 0.2) is 0 Å². The summed E-state index contributed by atoms with van der Waals surface area (Å²) in [5.74, 6) is -0.266. The minimum Gasteiger partial charge on any atom is -0.462 e. The molecule has 1 heterocycles. The van der Waals surface area contributed by atoms with Crippen LogP contribution in [-0.4, -0.2) is 22.8 Å². The number of nitrogens with zero attached hydrogens (tertiary/aromatic N) is 2. The molecule has 25 heavy (non-hydrogen) atoms. The number of rotatable bonds is 2. The van der Waals surface area contributed by atoms with Crippen LogP contribution in [0.1, 0.15) is 6.92 Å². The highest BCUT2D eigenvalue weighted by molar-refractivity contribution is 6.10. The number of hydrogen-bond donors (Lipinski definition) is 0. The van der Waals surface area contributed by atoms with E-state index in [4.69, 9.17) is 4.74 Å². The molecule has 0 saturated carbocycles. The Kier molecular flexibility index (Phi) is 2.88. The van der Waals surface area contributed by atoms with Gasteiger partial charge in [0.1, 0.15) is 0 Å². The first-order chi connectivity index (χ1) is 12.3. The van der Waals surface area contributed by atoms with Gasteiger partial charge in [-0.2, -0.15) is 10.2 Å². The van der Waals surface area contributed by atoms with E-state index in [0.717, 1.165) is 43.3 Å². The molecular weight excluding hydrogens is 312 g/mol. The first-order valence-electron chi connectivity index (χ1n) is 8.27. The van der Waals surface area contributed by atoms with Gasteiger partial charge in [0.25, 0.3) is 0 Å². The summed E-state index contributed by atoms with van der Waals surface area (Å²) in [5.41, 5.74) is 3.56. The standard InChI is InChI=1S/C21H14N2O2/c1-2-25-21(24)17-6-5-14-13-4-3-12-15(18(13)11-19(14)17)7-8-20-16(12)9-10-22-23-20/h3-11H,2H2,1H3. The summed E-state index contributed by atoms with van der Waals surface area (Å²) in [5, 5.41) is 13.8. The molecule has 0 N–H and O–H groups in total. The fraction of sp³-hybridized carbons (Fsp3) is 0.0952. The number of benzene rings is 2. The van der Waals surface area contributed by atoms with Gasteiger partial charge in [0.2, 0.25) is 0 Å². The smallest absolute Gasteiger partial charge is 0.338 e. The highest BCUT2D eigenvalue weighted by Crippen LogP contribution is 2.30. The summed E-state index contributed by atoms with van der Waals surface area (Å²) < 4.78 is 5.18. The fourth-order valence-corrected chi connectivity index (χ4v) is 3.71. The molecule has 0 bridgehead atoms. The molecule has 2 aromatic carbocycles. The minimum absolute atomic E-state index is 0.266. The molecular formula is C21H14N2O2. The van der Waals surface area contributed by atoms with E-state index < -0.39 is 0 Å². The van der Waals surface area contributed by atoms with Crippen molar-refractivity contribution < 1.29 is 9.53 Å². The van der Waals surface area contributed by atoms with Gasteiger partial charge in [-0.25, -0.2) is 4.79 Å². The number of carbonyl (C=O) groups is 1. The number of allylic oxidation sites excluding steroid dienone is 2. The molecule has 0 fully saturated rings. The monoisotopic (exact) mass is 326 g/mol. The van der Waals surface area contributed by atoms with E-state index in [1.54, 1.807) is 6.20 Å². The van der Waals surface area contributed by atoms with Crippen molar-refractivity contribution in [3.8, 4) is 0 Å². The molecule has 3 aromatic rings. The summed E-state index contributed by atoms with van der Waals surface area (Å²) in [6, 6.07) is 10.3. The van der Waals surface area contributed by atoms with Crippen LogP contribution in [0.4, 0.5) is 0 Å². The fourth-order valence-electron chi connectivity index (χ4n) is 3.71. The lowest BCUT2D eigenvalue weighted by molar-refractivity contribution is -0.138. The van der Waals surface area contributed by atoms with Gasteiger partial charge in [-0.3, -0.25) is 0 Å². The second-order valence-electron chi connectivity index (χ2n) is 6.09. The third-order valence-electron chi connectivity index (χ3n) is 4.81. The summed E-state index contributed by atoms with van der Waals surface area (Å²) in [4.78, 5) is 12.2. The third kappa shape index (κ3) is 1.91. The Morgan fingerprint density at radius 1 is 1.00 bits per heavy atom. The van der Waals surface area contributed by atoms with Gasteiger partial charge < -0.3 is 4.74 Å². The zero-order valence-electron chi connectivity index (χ0n) is 13.6. The van der Waals surface area contributed by atoms with E-state index in [2.05, 4.69) is 34.5 Å². The molecule has 120 valence electrons. The highest BCUT2D eigenvalue weighted by Gasteiger charge is 2.23. The molecule has 0 radical (unpaired) electrons. The molecule has 2 aliphatic rings. The first kappa shape index (κ1) is 14.1. The van der Waals surface area contributed by atoms with Crippen LogP contribution in [-0.2, 0) is 9.53 Å². The zero-order chi connectivity index (χ0) is 17.0. The largest absolute Gasteiger partial charge is 0.462 e. The Bertz CT molecular complexity index is 1270. The molecule has 0 amide bonds. The van der Waals surface area contributed by atoms with Crippen molar-refractivity contribution in [2.75, 3.05) is 6.61 Å². The highest BCUT2D eigenvalue weighted by atomic mass is 16.5. The topological polar surface area (TPSA) is 52.1 Å². The number of hydrogen-bond acceptors (Lipinski definition) is 4. The number of aromatic nitrogens is 2. The van der Waals surface area contributed by atoms with Crippen LogP contribution >= 0.6 is 0 Å². The maximum absolute atomic E-state index is 12.2. The Morgan fingerprint density at radius 2 is 1.88 bits per heavy atom. The lowest BCUT2D eigenvalue weighted by atomic mass is 10.0. The number of fused-ring (bicyclic) bond motifs is 6. The second-order valence-corrected chi connectivity index (χ2v) is 6.09. The van der Waals surface area contributed by atoms with Crippen molar-refractivity contribution >= 4 is 39.3 Å². The van der Waals surface area contributed by atoms with Crippen molar-refractivity contribution in [2.45, 2.75) is 6.92 Å². The van der Waals surface area contributed by atoms with E-state index in [1.807, 2.05) is 31.2 Å². The molecule has 0 spiro atoms. The molecule has 5 rings (SSSR count). The van der Waals surface area contributed by atoms with E-state index >= 15 is 0 Å². The average molecular weight is 326 g/mol. The van der Waals surface area contributed by atoms with Crippen molar-refractivity contribution in [3.05, 3.63) is 70.3 Å². The number of esters is 1. The van der Waals surface area contributed by atoms with Gasteiger partial charge in [-0.15, -0.1) is 0 Å². The lowest BCUT2D eigenvalue weighted by Crippen LogP contribution is -2.23. The Hall–Kier alpha value is -3.27. The van der Waals surface area contributed by atoms with Gasteiger partial charge in [-0.05, 0) is 63.6 Å². The molecule has 4 nitrogen and oxygen atoms in total. The van der Waals surface area contributed by atoms with E-state index in [1.165, 1.54) is 0 Å². The maximum Gasteiger partial charge on any atom is 0.338 e. The summed E-state index contributed by atoms with van der Waals surface area (Å²) in [6.45, 7) is 2.20. The van der Waals surface area contributed by atoms with Crippen LogP contribution in [0, 0.1) is 0 Å². The predicted molar refractivity (Wildman–Crippen MR) is 97.0 cm³/mol. The number of carbonyl (C=O) groups excluding carboxylic acids is 1. The quantitative estimate of drug-likeness (QED) is 0.535. The van der Waals surface area contributed by atoms with Crippen molar-refractivity contribution in [2.24, 2.45) is 0 Å².